The van der Waals surface area contributed by atoms with Crippen molar-refractivity contribution in [1.29, 1.82) is 5.26 Å². The van der Waals surface area contributed by atoms with Gasteiger partial charge in [0.25, 0.3) is 5.91 Å². The molecule has 1 unspecified atom stereocenters. The first-order valence-corrected chi connectivity index (χ1v) is 14.5. The summed E-state index contributed by atoms with van der Waals surface area (Å²) in [4.78, 5) is 26.1. The van der Waals surface area contributed by atoms with Crippen LogP contribution in [0.1, 0.15) is 25.7 Å². The van der Waals surface area contributed by atoms with Gasteiger partial charge in [-0.3, -0.25) is 4.79 Å². The molecule has 1 atom stereocenters. The Morgan fingerprint density at radius 1 is 1.12 bits per heavy atom. The van der Waals surface area contributed by atoms with E-state index < -0.39 is 5.82 Å². The molecule has 2 fully saturated rings. The van der Waals surface area contributed by atoms with Gasteiger partial charge in [-0.1, -0.05) is 24.3 Å². The van der Waals surface area contributed by atoms with Crippen molar-refractivity contribution in [1.82, 2.24) is 29.5 Å². The number of rotatable bonds is 7. The summed E-state index contributed by atoms with van der Waals surface area (Å²) in [5.41, 5.74) is 7.46. The van der Waals surface area contributed by atoms with Crippen molar-refractivity contribution < 1.29 is 13.9 Å². The zero-order valence-corrected chi connectivity index (χ0v) is 24.0. The monoisotopic (exact) mass is 580 g/mol. The Labute approximate surface area is 249 Å². The van der Waals surface area contributed by atoms with Crippen LogP contribution in [0.4, 0.5) is 10.2 Å². The number of anilines is 1. The highest BCUT2D eigenvalue weighted by Crippen LogP contribution is 2.35. The highest BCUT2D eigenvalue weighted by molar-refractivity contribution is 5.99. The molecule has 10 nitrogen and oxygen atoms in total. The van der Waals surface area contributed by atoms with Gasteiger partial charge in [0.1, 0.15) is 46.8 Å². The molecular formula is C32H33FN8O2. The fourth-order valence-corrected chi connectivity index (χ4v) is 5.96. The number of amides is 1. The summed E-state index contributed by atoms with van der Waals surface area (Å²) in [6.45, 7) is 2.77. The van der Waals surface area contributed by atoms with Gasteiger partial charge >= 0.3 is 0 Å². The van der Waals surface area contributed by atoms with E-state index in [1.54, 1.807) is 33.8 Å². The van der Waals surface area contributed by atoms with Crippen LogP contribution in [0.15, 0.2) is 66.5 Å². The lowest BCUT2D eigenvalue weighted by Gasteiger charge is -2.28. The lowest BCUT2D eigenvalue weighted by molar-refractivity contribution is -0.127. The average Bonchev–Trinajstić information content (AvgIpc) is 3.63. The number of hydrogen-bond donors (Lipinski definition) is 1. The minimum Gasteiger partial charge on any atom is -0.457 e. The van der Waals surface area contributed by atoms with E-state index in [4.69, 9.17) is 15.6 Å². The van der Waals surface area contributed by atoms with Crippen molar-refractivity contribution in [2.45, 2.75) is 38.3 Å². The maximum Gasteiger partial charge on any atom is 0.264 e. The fraction of sp³-hybridized carbons (Fsp3) is 0.344. The van der Waals surface area contributed by atoms with Crippen LogP contribution >= 0.6 is 0 Å². The molecule has 4 heterocycles. The molecule has 0 spiro atoms. The lowest BCUT2D eigenvalue weighted by atomic mass is 9.94. The van der Waals surface area contributed by atoms with Crippen molar-refractivity contribution in [3.63, 3.8) is 0 Å². The number of piperidine rings is 1. The number of nitriles is 1. The third-order valence-electron chi connectivity index (χ3n) is 8.27. The predicted octanol–water partition coefficient (Wildman–Crippen LogP) is 4.79. The molecule has 43 heavy (non-hydrogen) atoms. The quantitative estimate of drug-likeness (QED) is 0.244. The molecule has 2 N–H and O–H groups in total. The number of nitrogen functional groups attached to an aromatic ring is 1. The first-order valence-electron chi connectivity index (χ1n) is 14.5. The molecule has 220 valence electrons. The minimum atomic E-state index is -0.529. The number of hydrogen-bond acceptors (Lipinski definition) is 8. The lowest BCUT2D eigenvalue weighted by Crippen LogP contribution is -2.39. The molecule has 0 bridgehead atoms. The molecular weight excluding hydrogens is 547 g/mol. The zero-order valence-electron chi connectivity index (χ0n) is 24.0. The van der Waals surface area contributed by atoms with Gasteiger partial charge in [0.05, 0.1) is 18.0 Å². The highest BCUT2D eigenvalue weighted by Gasteiger charge is 2.33. The molecule has 2 aromatic heterocycles. The minimum absolute atomic E-state index is 0.183. The van der Waals surface area contributed by atoms with Gasteiger partial charge in [-0.05, 0) is 76.0 Å². The van der Waals surface area contributed by atoms with Gasteiger partial charge in [0, 0.05) is 18.2 Å². The molecule has 6 rings (SSSR count). The number of aromatic nitrogens is 4. The molecule has 2 aromatic carbocycles. The summed E-state index contributed by atoms with van der Waals surface area (Å²) in [6.07, 6.45) is 6.62. The van der Waals surface area contributed by atoms with Crippen LogP contribution < -0.4 is 10.5 Å². The molecule has 1 amide bonds. The number of para-hydroxylation sites is 1. The number of nitrogens with zero attached hydrogens (tertiary/aromatic N) is 7. The van der Waals surface area contributed by atoms with Crippen LogP contribution in [0.3, 0.4) is 0 Å². The highest BCUT2D eigenvalue weighted by atomic mass is 19.1. The molecule has 4 aromatic rings. The Morgan fingerprint density at radius 2 is 1.91 bits per heavy atom. The summed E-state index contributed by atoms with van der Waals surface area (Å²) < 4.78 is 23.0. The Bertz CT molecular complexity index is 1710. The third-order valence-corrected chi connectivity index (χ3v) is 8.27. The van der Waals surface area contributed by atoms with E-state index in [1.165, 1.54) is 12.4 Å². The normalized spacial score (nSPS) is 18.2. The van der Waals surface area contributed by atoms with E-state index in [2.05, 4.69) is 28.0 Å². The molecule has 2 saturated heterocycles. The van der Waals surface area contributed by atoms with Gasteiger partial charge in [0.2, 0.25) is 0 Å². The molecule has 0 radical (unpaired) electrons. The van der Waals surface area contributed by atoms with Crippen LogP contribution in [-0.2, 0) is 11.3 Å². The van der Waals surface area contributed by atoms with Crippen LogP contribution in [0.2, 0.25) is 0 Å². The standard InChI is InChI=1S/C32H33FN8O2/c1-39-14-11-21(12-15-39)16-22(18-34)32(42)40-13-5-6-23(40)19-41-31-28(30(35)36-20-37-31)29(38-41)26-10-9-25(17-27(26)33)43-24-7-3-2-4-8-24/h2-4,7-10,16-17,20-21,23H,5-6,11-15,19H2,1H3,(H2,35,36,37). The summed E-state index contributed by atoms with van der Waals surface area (Å²) in [6, 6.07) is 15.7. The first-order chi connectivity index (χ1) is 20.9. The number of carbonyl (C=O) groups excluding carboxylic acids is 1. The number of halogens is 1. The van der Waals surface area contributed by atoms with Crippen molar-refractivity contribution in [3.8, 4) is 28.8 Å². The number of benzene rings is 2. The third kappa shape index (κ3) is 5.92. The Balaban J connectivity index is 1.27. The zero-order chi connectivity index (χ0) is 29.9. The van der Waals surface area contributed by atoms with Gasteiger partial charge in [-0.2, -0.15) is 10.4 Å². The molecule has 0 aliphatic carbocycles. The van der Waals surface area contributed by atoms with Crippen molar-refractivity contribution >= 4 is 22.8 Å². The van der Waals surface area contributed by atoms with E-state index in [9.17, 15) is 10.1 Å². The largest absolute Gasteiger partial charge is 0.457 e. The Morgan fingerprint density at radius 3 is 2.65 bits per heavy atom. The van der Waals surface area contributed by atoms with Gasteiger partial charge < -0.3 is 20.3 Å². The topological polar surface area (TPSA) is 126 Å². The SMILES string of the molecule is CN1CCC(C=C(C#N)C(=O)N2CCCC2Cn2nc(-c3ccc(Oc4ccccc4)cc3F)c3c(N)ncnc32)CC1. The van der Waals surface area contributed by atoms with Crippen molar-refractivity contribution in [3.05, 3.63) is 72.3 Å². The Kier molecular flexibility index (Phi) is 8.03. The van der Waals surface area contributed by atoms with Crippen LogP contribution in [0.25, 0.3) is 22.3 Å². The molecule has 0 saturated carbocycles. The smallest absolute Gasteiger partial charge is 0.264 e. The van der Waals surface area contributed by atoms with Crippen molar-refractivity contribution in [2.24, 2.45) is 5.92 Å². The van der Waals surface area contributed by atoms with Crippen molar-refractivity contribution in [2.75, 3.05) is 32.4 Å². The predicted molar refractivity (Wildman–Crippen MR) is 160 cm³/mol. The van der Waals surface area contributed by atoms with E-state index in [1.807, 2.05) is 24.3 Å². The van der Waals surface area contributed by atoms with E-state index in [0.29, 0.717) is 41.3 Å². The fourth-order valence-electron chi connectivity index (χ4n) is 5.96. The summed E-state index contributed by atoms with van der Waals surface area (Å²) in [5, 5.41) is 15.1. The second kappa shape index (κ2) is 12.2. The molecule has 11 heteroatoms. The van der Waals surface area contributed by atoms with Crippen LogP contribution in [0.5, 0.6) is 11.5 Å². The number of nitrogens with two attached hydrogens (primary N) is 1. The maximum absolute atomic E-state index is 15.5. The Hall–Kier alpha value is -4.82. The molecule has 2 aliphatic heterocycles. The average molecular weight is 581 g/mol. The summed E-state index contributed by atoms with van der Waals surface area (Å²) in [5.74, 6) is 0.559. The number of allylic oxidation sites excluding steroid dienone is 1. The van der Waals surface area contributed by atoms with E-state index >= 15 is 4.39 Å². The number of carbonyl (C=O) groups is 1. The van der Waals surface area contributed by atoms with Gasteiger partial charge in [-0.25, -0.2) is 19.0 Å². The van der Waals surface area contributed by atoms with Gasteiger partial charge in [-0.15, -0.1) is 0 Å². The number of fused-ring (bicyclic) bond motifs is 1. The summed E-state index contributed by atoms with van der Waals surface area (Å²) in [7, 11) is 2.08. The van der Waals surface area contributed by atoms with Crippen LogP contribution in [-0.4, -0.2) is 68.2 Å². The van der Waals surface area contributed by atoms with Gasteiger partial charge in [0.15, 0.2) is 5.65 Å². The van der Waals surface area contributed by atoms with Crippen LogP contribution in [0, 0.1) is 23.1 Å². The maximum atomic E-state index is 15.5. The first kappa shape index (κ1) is 28.3. The second-order valence-corrected chi connectivity index (χ2v) is 11.2. The van der Waals surface area contributed by atoms with E-state index in [0.717, 1.165) is 38.8 Å². The molecule has 2 aliphatic rings. The summed E-state index contributed by atoms with van der Waals surface area (Å²) >= 11 is 0. The van der Waals surface area contributed by atoms with E-state index in [-0.39, 0.29) is 34.8 Å². The second-order valence-electron chi connectivity index (χ2n) is 11.2. The number of likely N-dealkylation sites (tertiary alicyclic amines) is 2. The number of ether oxygens (including phenoxy) is 1.